The molecule has 0 aliphatic rings. The Morgan fingerprint density at radius 2 is 2.00 bits per heavy atom. The van der Waals surface area contributed by atoms with Crippen LogP contribution in [0.5, 0.6) is 11.5 Å². The number of anilines is 1. The van der Waals surface area contributed by atoms with Crippen LogP contribution in [-0.2, 0) is 22.4 Å². The molecule has 2 rings (SSSR count). The number of aromatic nitrogens is 2. The maximum absolute atomic E-state index is 12.1. The van der Waals surface area contributed by atoms with E-state index >= 15 is 0 Å². The van der Waals surface area contributed by atoms with Crippen LogP contribution in [0.1, 0.15) is 17.5 Å². The first-order chi connectivity index (χ1) is 11.7. The molecule has 1 amide bonds. The van der Waals surface area contributed by atoms with Crippen molar-refractivity contribution in [1.82, 2.24) is 10.2 Å². The van der Waals surface area contributed by atoms with Gasteiger partial charge in [0.2, 0.25) is 11.0 Å². The maximum atomic E-state index is 12.1. The number of carbonyl (C=O) groups excluding carboxylic acids is 1. The minimum atomic E-state index is -0.158. The zero-order chi connectivity index (χ0) is 17.4. The zero-order valence-electron chi connectivity index (χ0n) is 14.0. The molecule has 1 N–H and O–H groups in total. The van der Waals surface area contributed by atoms with Crippen molar-refractivity contribution in [2.75, 3.05) is 32.8 Å². The van der Waals surface area contributed by atoms with Crippen LogP contribution in [-0.4, -0.2) is 43.5 Å². The molecular formula is C16H21N3O4S. The molecule has 1 aromatic heterocycles. The molecule has 0 bridgehead atoms. The third kappa shape index (κ3) is 5.17. The molecule has 0 unspecified atom stereocenters. The predicted molar refractivity (Wildman–Crippen MR) is 92.0 cm³/mol. The van der Waals surface area contributed by atoms with Gasteiger partial charge in [-0.1, -0.05) is 17.4 Å². The summed E-state index contributed by atoms with van der Waals surface area (Å²) in [5.74, 6) is 1.07. The van der Waals surface area contributed by atoms with Crippen molar-refractivity contribution in [3.63, 3.8) is 0 Å². The lowest BCUT2D eigenvalue weighted by Gasteiger charge is -2.09. The van der Waals surface area contributed by atoms with Crippen LogP contribution >= 0.6 is 11.3 Å². The fourth-order valence-electron chi connectivity index (χ4n) is 2.05. The molecule has 0 spiro atoms. The van der Waals surface area contributed by atoms with Gasteiger partial charge in [-0.15, -0.1) is 10.2 Å². The Hall–Kier alpha value is -2.19. The number of hydrogen-bond acceptors (Lipinski definition) is 7. The van der Waals surface area contributed by atoms with Gasteiger partial charge in [0.1, 0.15) is 5.01 Å². The number of methoxy groups -OCH3 is 2. The van der Waals surface area contributed by atoms with E-state index in [1.807, 2.05) is 13.0 Å². The first kappa shape index (κ1) is 18.2. The van der Waals surface area contributed by atoms with Gasteiger partial charge in [-0.05, 0) is 24.6 Å². The van der Waals surface area contributed by atoms with Crippen molar-refractivity contribution in [3.05, 3.63) is 28.8 Å². The molecule has 0 atom stereocenters. The van der Waals surface area contributed by atoms with Crippen molar-refractivity contribution in [3.8, 4) is 11.5 Å². The Morgan fingerprint density at radius 3 is 2.71 bits per heavy atom. The van der Waals surface area contributed by atoms with Gasteiger partial charge in [-0.25, -0.2) is 0 Å². The number of ether oxygens (including phenoxy) is 3. The number of nitrogens with one attached hydrogen (secondary N) is 1. The predicted octanol–water partition coefficient (Wildman–Crippen LogP) is 2.32. The van der Waals surface area contributed by atoms with Gasteiger partial charge in [0.25, 0.3) is 0 Å². The molecule has 130 valence electrons. The fraction of sp³-hybridized carbons (Fsp3) is 0.438. The largest absolute Gasteiger partial charge is 0.493 e. The van der Waals surface area contributed by atoms with E-state index in [1.54, 1.807) is 26.4 Å². The number of hydrogen-bond donors (Lipinski definition) is 1. The monoisotopic (exact) mass is 351 g/mol. The van der Waals surface area contributed by atoms with Crippen LogP contribution in [0.25, 0.3) is 0 Å². The Kier molecular flexibility index (Phi) is 6.95. The summed E-state index contributed by atoms with van der Waals surface area (Å²) < 4.78 is 15.7. The fourth-order valence-corrected chi connectivity index (χ4v) is 2.79. The minimum absolute atomic E-state index is 0.158. The quantitative estimate of drug-likeness (QED) is 0.698. The van der Waals surface area contributed by atoms with Crippen molar-refractivity contribution in [2.45, 2.75) is 19.8 Å². The van der Waals surface area contributed by atoms with Crippen molar-refractivity contribution >= 4 is 22.4 Å². The number of nitrogens with zero attached hydrogens (tertiary/aromatic N) is 2. The molecule has 1 aromatic carbocycles. The van der Waals surface area contributed by atoms with Gasteiger partial charge in [0, 0.05) is 13.0 Å². The highest BCUT2D eigenvalue weighted by Crippen LogP contribution is 2.27. The Labute approximate surface area is 145 Å². The number of benzene rings is 1. The third-order valence-electron chi connectivity index (χ3n) is 3.19. The normalized spacial score (nSPS) is 10.5. The zero-order valence-corrected chi connectivity index (χ0v) is 14.8. The molecule has 8 heteroatoms. The summed E-state index contributed by atoms with van der Waals surface area (Å²) in [7, 11) is 3.13. The lowest BCUT2D eigenvalue weighted by Crippen LogP contribution is -2.14. The number of rotatable bonds is 9. The van der Waals surface area contributed by atoms with E-state index in [4.69, 9.17) is 14.2 Å². The summed E-state index contributed by atoms with van der Waals surface area (Å²) in [4.78, 5) is 12.1. The summed E-state index contributed by atoms with van der Waals surface area (Å²) in [5.41, 5.74) is 0.825. The topological polar surface area (TPSA) is 82.6 Å². The highest BCUT2D eigenvalue weighted by atomic mass is 32.1. The van der Waals surface area contributed by atoms with E-state index in [9.17, 15) is 4.79 Å². The highest BCUT2D eigenvalue weighted by molar-refractivity contribution is 7.15. The van der Waals surface area contributed by atoms with E-state index in [0.29, 0.717) is 36.3 Å². The van der Waals surface area contributed by atoms with Crippen LogP contribution in [0.2, 0.25) is 0 Å². The second-order valence-corrected chi connectivity index (χ2v) is 5.92. The molecule has 0 aliphatic carbocycles. The van der Waals surface area contributed by atoms with Crippen molar-refractivity contribution < 1.29 is 19.0 Å². The second kappa shape index (κ2) is 9.19. The second-order valence-electron chi connectivity index (χ2n) is 4.86. The first-order valence-electron chi connectivity index (χ1n) is 7.57. The highest BCUT2D eigenvalue weighted by Gasteiger charge is 2.11. The van der Waals surface area contributed by atoms with Gasteiger partial charge in [-0.3, -0.25) is 4.79 Å². The summed E-state index contributed by atoms with van der Waals surface area (Å²) in [6, 6.07) is 5.39. The van der Waals surface area contributed by atoms with E-state index in [2.05, 4.69) is 15.5 Å². The van der Waals surface area contributed by atoms with Crippen LogP contribution in [0.15, 0.2) is 18.2 Å². The van der Waals surface area contributed by atoms with E-state index in [-0.39, 0.29) is 12.3 Å². The summed E-state index contributed by atoms with van der Waals surface area (Å²) in [6.07, 6.45) is 0.908. The first-order valence-corrected chi connectivity index (χ1v) is 8.38. The van der Waals surface area contributed by atoms with Crippen LogP contribution in [0.4, 0.5) is 5.13 Å². The SMILES string of the molecule is CCOCCc1nnc(NC(=O)Cc2ccc(OC)c(OC)c2)s1. The molecule has 0 aliphatic heterocycles. The van der Waals surface area contributed by atoms with Gasteiger partial charge in [0.05, 0.1) is 27.2 Å². The van der Waals surface area contributed by atoms with Crippen LogP contribution < -0.4 is 14.8 Å². The average Bonchev–Trinajstić information content (AvgIpc) is 3.02. The van der Waals surface area contributed by atoms with Gasteiger partial charge in [-0.2, -0.15) is 0 Å². The average molecular weight is 351 g/mol. The van der Waals surface area contributed by atoms with Crippen molar-refractivity contribution in [2.24, 2.45) is 0 Å². The molecule has 1 heterocycles. The maximum Gasteiger partial charge on any atom is 0.230 e. The van der Waals surface area contributed by atoms with E-state index in [1.165, 1.54) is 11.3 Å². The number of carbonyl (C=O) groups is 1. The van der Waals surface area contributed by atoms with E-state index < -0.39 is 0 Å². The Balaban J connectivity index is 1.91. The summed E-state index contributed by atoms with van der Waals surface area (Å²) >= 11 is 1.36. The Morgan fingerprint density at radius 1 is 1.21 bits per heavy atom. The van der Waals surface area contributed by atoms with Gasteiger partial charge < -0.3 is 19.5 Å². The molecule has 0 saturated carbocycles. The van der Waals surface area contributed by atoms with Gasteiger partial charge >= 0.3 is 0 Å². The molecule has 0 fully saturated rings. The van der Waals surface area contributed by atoms with Crippen LogP contribution in [0.3, 0.4) is 0 Å². The molecule has 7 nitrogen and oxygen atoms in total. The molecule has 0 radical (unpaired) electrons. The Bertz CT molecular complexity index is 675. The lowest BCUT2D eigenvalue weighted by molar-refractivity contribution is -0.115. The summed E-state index contributed by atoms with van der Waals surface area (Å²) in [5, 5.41) is 12.1. The van der Waals surface area contributed by atoms with Gasteiger partial charge in [0.15, 0.2) is 11.5 Å². The van der Waals surface area contributed by atoms with Crippen molar-refractivity contribution in [1.29, 1.82) is 0 Å². The number of amides is 1. The molecular weight excluding hydrogens is 330 g/mol. The molecule has 2 aromatic rings. The lowest BCUT2D eigenvalue weighted by atomic mass is 10.1. The summed E-state index contributed by atoms with van der Waals surface area (Å²) in [6.45, 7) is 3.22. The minimum Gasteiger partial charge on any atom is -0.493 e. The molecule has 24 heavy (non-hydrogen) atoms. The van der Waals surface area contributed by atoms with E-state index in [0.717, 1.165) is 10.6 Å². The smallest absolute Gasteiger partial charge is 0.230 e. The molecule has 0 saturated heterocycles. The third-order valence-corrected chi connectivity index (χ3v) is 4.09. The van der Waals surface area contributed by atoms with Crippen LogP contribution in [0, 0.1) is 0 Å². The standard InChI is InChI=1S/C16H21N3O4S/c1-4-23-8-7-15-18-19-16(24-15)17-14(20)10-11-5-6-12(21-2)13(9-11)22-3/h5-6,9H,4,7-8,10H2,1-3H3,(H,17,19,20).